The number of anilines is 1. The number of amides is 2. The summed E-state index contributed by atoms with van der Waals surface area (Å²) >= 11 is 0. The van der Waals surface area contributed by atoms with Crippen LogP contribution in [0, 0.1) is 0 Å². The molecule has 1 heterocycles. The molecule has 0 aromatic heterocycles. The first kappa shape index (κ1) is 38.5. The summed E-state index contributed by atoms with van der Waals surface area (Å²) in [5.41, 5.74) is 11.0. The van der Waals surface area contributed by atoms with Crippen molar-refractivity contribution in [3.63, 3.8) is 0 Å². The minimum absolute atomic E-state index is 0.0184. The Morgan fingerprint density at radius 1 is 1.18 bits per heavy atom. The van der Waals surface area contributed by atoms with E-state index in [0.717, 1.165) is 13.7 Å². The van der Waals surface area contributed by atoms with Gasteiger partial charge in [-0.3, -0.25) is 14.4 Å². The summed E-state index contributed by atoms with van der Waals surface area (Å²) in [4.78, 5) is 53.4. The molecule has 0 saturated carbocycles. The largest absolute Gasteiger partial charge is 0.479 e. The van der Waals surface area contributed by atoms with Gasteiger partial charge in [0.1, 0.15) is 18.6 Å². The first-order valence-corrected chi connectivity index (χ1v) is 12.4. The van der Waals surface area contributed by atoms with E-state index in [2.05, 4.69) is 17.6 Å². The standard InChI is InChI=1S/C19H25N3O9.C4H11N.CH4O.CH2O/c20-8-17(26)21-4-3-16(25)22-13-5-11(9-23)1-2-14(13)30-18-7-12(29-10-24)6-15(31-18)19(27)28;1-2-3-4-5;2*1-2/h1-2,5,10,12,15,18,23H,3-4,6-9,20H2,(H,21,26)(H,22,25)(H,27,28);2-5H2,1H3;2H,1H3;1H2. The fourth-order valence-corrected chi connectivity index (χ4v) is 3.09. The maximum Gasteiger partial charge on any atom is 0.333 e. The zero-order chi connectivity index (χ0) is 30.9. The van der Waals surface area contributed by atoms with Gasteiger partial charge in [0.25, 0.3) is 6.47 Å². The Hall–Kier alpha value is -3.63. The number of rotatable bonds is 13. The van der Waals surface area contributed by atoms with Gasteiger partial charge in [-0.25, -0.2) is 4.79 Å². The zero-order valence-corrected chi connectivity index (χ0v) is 22.9. The Bertz CT molecular complexity index is 871. The smallest absolute Gasteiger partial charge is 0.333 e. The number of carbonyl (C=O) groups is 5. The Morgan fingerprint density at radius 3 is 2.35 bits per heavy atom. The summed E-state index contributed by atoms with van der Waals surface area (Å²) < 4.78 is 16.0. The van der Waals surface area contributed by atoms with Crippen molar-refractivity contribution >= 4 is 36.7 Å². The fourth-order valence-electron chi connectivity index (χ4n) is 3.09. The Kier molecular flexibility index (Phi) is 23.5. The Morgan fingerprint density at radius 2 is 1.85 bits per heavy atom. The topological polar surface area (TPSA) is 250 Å². The number of aliphatic hydroxyl groups excluding tert-OH is 2. The van der Waals surface area contributed by atoms with Crippen LogP contribution in [0.3, 0.4) is 0 Å². The highest BCUT2D eigenvalue weighted by atomic mass is 16.7. The predicted molar refractivity (Wildman–Crippen MR) is 144 cm³/mol. The van der Waals surface area contributed by atoms with Gasteiger partial charge >= 0.3 is 5.97 Å². The molecule has 1 aliphatic rings. The van der Waals surface area contributed by atoms with Gasteiger partial charge in [0, 0.05) is 32.9 Å². The molecule has 15 nitrogen and oxygen atoms in total. The van der Waals surface area contributed by atoms with Crippen LogP contribution in [0.25, 0.3) is 0 Å². The maximum absolute atomic E-state index is 12.2. The van der Waals surface area contributed by atoms with Gasteiger partial charge in [-0.2, -0.15) is 0 Å². The summed E-state index contributed by atoms with van der Waals surface area (Å²) in [6, 6.07) is 4.53. The molecule has 0 radical (unpaired) electrons. The van der Waals surface area contributed by atoms with Crippen LogP contribution in [0.1, 0.15) is 44.6 Å². The van der Waals surface area contributed by atoms with Crippen molar-refractivity contribution < 1.29 is 53.5 Å². The molecule has 2 amide bonds. The average Bonchev–Trinajstić information content (AvgIpc) is 2.96. The second-order valence-corrected chi connectivity index (χ2v) is 7.82. The van der Waals surface area contributed by atoms with Crippen molar-refractivity contribution in [2.45, 2.75) is 64.1 Å². The summed E-state index contributed by atoms with van der Waals surface area (Å²) in [5, 5.41) is 30.7. The Labute approximate surface area is 233 Å². The van der Waals surface area contributed by atoms with Gasteiger partial charge in [0.2, 0.25) is 18.1 Å². The second-order valence-electron chi connectivity index (χ2n) is 7.82. The van der Waals surface area contributed by atoms with E-state index in [1.165, 1.54) is 25.0 Å². The molecule has 3 atom stereocenters. The molecular weight excluding hydrogens is 532 g/mol. The number of unbranched alkanes of at least 4 members (excludes halogenated alkanes) is 1. The van der Waals surface area contributed by atoms with Gasteiger partial charge in [-0.05, 0) is 30.7 Å². The van der Waals surface area contributed by atoms with E-state index in [1.807, 2.05) is 6.79 Å². The lowest BCUT2D eigenvalue weighted by Gasteiger charge is -2.32. The quantitative estimate of drug-likeness (QED) is 0.144. The molecule has 1 aliphatic heterocycles. The summed E-state index contributed by atoms with van der Waals surface area (Å²) in [5.74, 6) is -1.89. The van der Waals surface area contributed by atoms with Gasteiger partial charge in [0.05, 0.1) is 18.8 Å². The normalized spacial score (nSPS) is 17.1. The van der Waals surface area contributed by atoms with Crippen molar-refractivity contribution in [2.75, 3.05) is 32.1 Å². The third-order valence-electron chi connectivity index (χ3n) is 4.95. The first-order chi connectivity index (χ1) is 19.3. The third kappa shape index (κ3) is 16.4. The minimum atomic E-state index is -1.23. The number of nitrogens with one attached hydrogen (secondary N) is 2. The monoisotopic (exact) mass is 574 g/mol. The molecule has 1 fully saturated rings. The van der Waals surface area contributed by atoms with Crippen molar-refractivity contribution in [1.29, 1.82) is 0 Å². The molecule has 15 heteroatoms. The summed E-state index contributed by atoms with van der Waals surface area (Å²) in [6.07, 6.45) is -0.582. The Balaban J connectivity index is 0. The van der Waals surface area contributed by atoms with Crippen molar-refractivity contribution in [3.8, 4) is 5.75 Å². The van der Waals surface area contributed by atoms with E-state index in [4.69, 9.17) is 35.6 Å². The number of hydrogen-bond donors (Lipinski definition) is 7. The fraction of sp³-hybridized carbons (Fsp3) is 0.560. The molecule has 228 valence electrons. The SMILES string of the molecule is C=O.CCCCN.CO.NCC(=O)NCCC(=O)Nc1cc(CO)ccc1OC1CC(OC=O)CC(C(=O)O)O1. The van der Waals surface area contributed by atoms with Crippen LogP contribution >= 0.6 is 0 Å². The number of carboxylic acids is 1. The van der Waals surface area contributed by atoms with Crippen LogP contribution in [0.4, 0.5) is 5.69 Å². The lowest BCUT2D eigenvalue weighted by Crippen LogP contribution is -2.43. The molecule has 1 aromatic rings. The average molecular weight is 575 g/mol. The number of carboxylic acid groups (broad SMARTS) is 1. The number of aliphatic carboxylic acids is 1. The highest BCUT2D eigenvalue weighted by molar-refractivity contribution is 5.92. The van der Waals surface area contributed by atoms with E-state index in [9.17, 15) is 29.4 Å². The van der Waals surface area contributed by atoms with Crippen LogP contribution in [0.2, 0.25) is 0 Å². The maximum atomic E-state index is 12.2. The van der Waals surface area contributed by atoms with Crippen LogP contribution < -0.4 is 26.8 Å². The minimum Gasteiger partial charge on any atom is -0.479 e. The highest BCUT2D eigenvalue weighted by Gasteiger charge is 2.36. The van der Waals surface area contributed by atoms with Gasteiger partial charge in [-0.1, -0.05) is 19.4 Å². The van der Waals surface area contributed by atoms with Gasteiger partial charge in [0.15, 0.2) is 6.10 Å². The van der Waals surface area contributed by atoms with Crippen molar-refractivity contribution in [2.24, 2.45) is 11.5 Å². The second kappa shape index (κ2) is 24.4. The van der Waals surface area contributed by atoms with Gasteiger partial charge < -0.3 is 56.4 Å². The molecule has 1 saturated heterocycles. The number of benzene rings is 1. The lowest BCUT2D eigenvalue weighted by atomic mass is 10.0. The van der Waals surface area contributed by atoms with Gasteiger partial charge in [-0.15, -0.1) is 0 Å². The summed E-state index contributed by atoms with van der Waals surface area (Å²) in [6.45, 7) is 4.81. The number of aliphatic hydroxyl groups is 2. The summed E-state index contributed by atoms with van der Waals surface area (Å²) in [7, 11) is 1.00. The molecule has 40 heavy (non-hydrogen) atoms. The molecule has 0 spiro atoms. The zero-order valence-electron chi connectivity index (χ0n) is 22.9. The van der Waals surface area contributed by atoms with E-state index in [-0.39, 0.29) is 56.9 Å². The highest BCUT2D eigenvalue weighted by Crippen LogP contribution is 2.31. The third-order valence-corrected chi connectivity index (χ3v) is 4.95. The number of nitrogens with two attached hydrogens (primary N) is 2. The van der Waals surface area contributed by atoms with Crippen LogP contribution in [-0.2, 0) is 40.1 Å². The molecule has 0 aliphatic carbocycles. The molecule has 1 aromatic carbocycles. The van der Waals surface area contributed by atoms with Crippen LogP contribution in [-0.4, -0.2) is 91.6 Å². The van der Waals surface area contributed by atoms with E-state index < -0.39 is 36.3 Å². The number of hydrogen-bond acceptors (Lipinski definition) is 12. The molecule has 2 rings (SSSR count). The van der Waals surface area contributed by atoms with Crippen LogP contribution in [0.15, 0.2) is 18.2 Å². The molecular formula is C25H42N4O11. The van der Waals surface area contributed by atoms with E-state index in [1.54, 1.807) is 6.07 Å². The van der Waals surface area contributed by atoms with E-state index >= 15 is 0 Å². The van der Waals surface area contributed by atoms with E-state index in [0.29, 0.717) is 5.56 Å². The first-order valence-electron chi connectivity index (χ1n) is 12.4. The number of carbonyl (C=O) groups excluding carboxylic acids is 4. The molecule has 9 N–H and O–H groups in total. The lowest BCUT2D eigenvalue weighted by molar-refractivity contribution is -0.199. The number of ether oxygens (including phenoxy) is 3. The van der Waals surface area contributed by atoms with Crippen molar-refractivity contribution in [1.82, 2.24) is 5.32 Å². The molecule has 3 unspecified atom stereocenters. The van der Waals surface area contributed by atoms with Crippen LogP contribution in [0.5, 0.6) is 5.75 Å². The molecule has 0 bridgehead atoms. The van der Waals surface area contributed by atoms with Crippen molar-refractivity contribution in [3.05, 3.63) is 23.8 Å². The predicted octanol–water partition coefficient (Wildman–Crippen LogP) is -0.739.